The van der Waals surface area contributed by atoms with Gasteiger partial charge in [0.15, 0.2) is 0 Å². The lowest BCUT2D eigenvalue weighted by Gasteiger charge is -2.09. The highest BCUT2D eigenvalue weighted by Crippen LogP contribution is 2.20. The van der Waals surface area contributed by atoms with Crippen molar-refractivity contribution in [1.29, 1.82) is 0 Å². The van der Waals surface area contributed by atoms with Gasteiger partial charge >= 0.3 is 5.97 Å². The maximum absolute atomic E-state index is 10.6. The SMILES string of the molecule is CSc1ccccc1CC(N)C(=O)O.Cl. The second kappa shape index (κ2) is 6.71. The van der Waals surface area contributed by atoms with Crippen molar-refractivity contribution in [3.63, 3.8) is 0 Å². The number of nitrogens with two attached hydrogens (primary N) is 1. The molecule has 0 saturated carbocycles. The fourth-order valence-corrected chi connectivity index (χ4v) is 1.82. The highest BCUT2D eigenvalue weighted by atomic mass is 35.5. The van der Waals surface area contributed by atoms with E-state index in [2.05, 4.69) is 0 Å². The normalized spacial score (nSPS) is 11.6. The van der Waals surface area contributed by atoms with Gasteiger partial charge in [0, 0.05) is 4.90 Å². The second-order valence-corrected chi connectivity index (χ2v) is 3.81. The number of halogens is 1. The number of rotatable bonds is 4. The molecule has 1 aromatic rings. The van der Waals surface area contributed by atoms with Crippen LogP contribution in [0.5, 0.6) is 0 Å². The first-order chi connectivity index (χ1) is 6.65. The van der Waals surface area contributed by atoms with Crippen LogP contribution in [-0.4, -0.2) is 23.4 Å². The van der Waals surface area contributed by atoms with E-state index in [9.17, 15) is 4.79 Å². The number of benzene rings is 1. The van der Waals surface area contributed by atoms with Gasteiger partial charge in [0.25, 0.3) is 0 Å². The fourth-order valence-electron chi connectivity index (χ4n) is 1.20. The van der Waals surface area contributed by atoms with E-state index in [0.717, 1.165) is 10.5 Å². The predicted molar refractivity (Wildman–Crippen MR) is 64.8 cm³/mol. The van der Waals surface area contributed by atoms with E-state index in [1.54, 1.807) is 11.8 Å². The number of hydrogen-bond donors (Lipinski definition) is 2. The van der Waals surface area contributed by atoms with Gasteiger partial charge < -0.3 is 10.8 Å². The van der Waals surface area contributed by atoms with Crippen molar-refractivity contribution in [2.45, 2.75) is 17.4 Å². The highest BCUT2D eigenvalue weighted by Gasteiger charge is 2.13. The molecular weight excluding hydrogens is 234 g/mol. The third kappa shape index (κ3) is 4.11. The lowest BCUT2D eigenvalue weighted by Crippen LogP contribution is -2.32. The largest absolute Gasteiger partial charge is 0.480 e. The van der Waals surface area contributed by atoms with Gasteiger partial charge in [-0.25, -0.2) is 0 Å². The number of carboxylic acids is 1. The molecule has 0 aliphatic carbocycles. The minimum absolute atomic E-state index is 0. The molecule has 0 aliphatic heterocycles. The summed E-state index contributed by atoms with van der Waals surface area (Å²) in [6.07, 6.45) is 2.34. The van der Waals surface area contributed by atoms with Crippen LogP contribution in [-0.2, 0) is 11.2 Å². The van der Waals surface area contributed by atoms with E-state index in [1.165, 1.54) is 0 Å². The molecule has 0 bridgehead atoms. The summed E-state index contributed by atoms with van der Waals surface area (Å²) < 4.78 is 0. The maximum atomic E-state index is 10.6. The fraction of sp³-hybridized carbons (Fsp3) is 0.300. The Kier molecular flexibility index (Phi) is 6.40. The minimum atomic E-state index is -0.957. The van der Waals surface area contributed by atoms with Gasteiger partial charge in [0.1, 0.15) is 6.04 Å². The molecule has 5 heteroatoms. The van der Waals surface area contributed by atoms with Gasteiger partial charge in [-0.1, -0.05) is 18.2 Å². The summed E-state index contributed by atoms with van der Waals surface area (Å²) in [4.78, 5) is 11.7. The van der Waals surface area contributed by atoms with Crippen LogP contribution in [0.1, 0.15) is 5.56 Å². The standard InChI is InChI=1S/C10H13NO2S.ClH/c1-14-9-5-3-2-4-7(9)6-8(11)10(12)13;/h2-5,8H,6,11H2,1H3,(H,12,13);1H. The summed E-state index contributed by atoms with van der Waals surface area (Å²) >= 11 is 1.60. The average molecular weight is 248 g/mol. The number of thioether (sulfide) groups is 1. The van der Waals surface area contributed by atoms with Crippen molar-refractivity contribution < 1.29 is 9.90 Å². The van der Waals surface area contributed by atoms with E-state index in [1.807, 2.05) is 30.5 Å². The molecule has 1 rings (SSSR count). The van der Waals surface area contributed by atoms with Crippen molar-refractivity contribution in [3.8, 4) is 0 Å². The molecule has 15 heavy (non-hydrogen) atoms. The Balaban J connectivity index is 0.00000196. The summed E-state index contributed by atoms with van der Waals surface area (Å²) in [6.45, 7) is 0. The van der Waals surface area contributed by atoms with Gasteiger partial charge in [-0.3, -0.25) is 4.79 Å². The van der Waals surface area contributed by atoms with Crippen LogP contribution in [0.25, 0.3) is 0 Å². The summed E-state index contributed by atoms with van der Waals surface area (Å²) in [7, 11) is 0. The second-order valence-electron chi connectivity index (χ2n) is 2.96. The number of carbonyl (C=O) groups is 1. The van der Waals surface area contributed by atoms with E-state index in [-0.39, 0.29) is 12.4 Å². The van der Waals surface area contributed by atoms with Crippen molar-refractivity contribution >= 4 is 30.1 Å². The third-order valence-corrected chi connectivity index (χ3v) is 2.79. The van der Waals surface area contributed by atoms with Gasteiger partial charge in [-0.05, 0) is 24.3 Å². The Morgan fingerprint density at radius 3 is 2.67 bits per heavy atom. The maximum Gasteiger partial charge on any atom is 0.320 e. The van der Waals surface area contributed by atoms with Crippen molar-refractivity contribution in [3.05, 3.63) is 29.8 Å². The van der Waals surface area contributed by atoms with Crippen LogP contribution >= 0.6 is 24.2 Å². The monoisotopic (exact) mass is 247 g/mol. The van der Waals surface area contributed by atoms with E-state index < -0.39 is 12.0 Å². The highest BCUT2D eigenvalue weighted by molar-refractivity contribution is 7.98. The topological polar surface area (TPSA) is 63.3 Å². The van der Waals surface area contributed by atoms with E-state index in [4.69, 9.17) is 10.8 Å². The van der Waals surface area contributed by atoms with Gasteiger partial charge in [0.05, 0.1) is 0 Å². The van der Waals surface area contributed by atoms with Gasteiger partial charge in [0.2, 0.25) is 0 Å². The molecule has 0 spiro atoms. The Morgan fingerprint density at radius 2 is 2.13 bits per heavy atom. The van der Waals surface area contributed by atoms with Gasteiger partial charge in [-0.15, -0.1) is 24.2 Å². The summed E-state index contributed by atoms with van der Waals surface area (Å²) in [5.74, 6) is -0.957. The minimum Gasteiger partial charge on any atom is -0.480 e. The first-order valence-electron chi connectivity index (χ1n) is 4.25. The lowest BCUT2D eigenvalue weighted by molar-refractivity contribution is -0.138. The zero-order chi connectivity index (χ0) is 10.6. The molecule has 3 nitrogen and oxygen atoms in total. The summed E-state index contributed by atoms with van der Waals surface area (Å²) in [5, 5.41) is 8.68. The Hall–Kier alpha value is -0.710. The average Bonchev–Trinajstić information content (AvgIpc) is 2.18. The molecule has 0 fully saturated rings. The van der Waals surface area contributed by atoms with Crippen molar-refractivity contribution in [2.75, 3.05) is 6.26 Å². The molecule has 0 aromatic heterocycles. The molecule has 0 amide bonds. The molecular formula is C10H14ClNO2S. The summed E-state index contributed by atoms with van der Waals surface area (Å²) in [6, 6.07) is 6.89. The quantitative estimate of drug-likeness (QED) is 0.797. The Labute approximate surface area is 99.5 Å². The van der Waals surface area contributed by atoms with E-state index in [0.29, 0.717) is 6.42 Å². The first kappa shape index (κ1) is 14.3. The third-order valence-electron chi connectivity index (χ3n) is 1.95. The molecule has 1 aromatic carbocycles. The van der Waals surface area contributed by atoms with E-state index >= 15 is 0 Å². The van der Waals surface area contributed by atoms with Crippen molar-refractivity contribution in [2.24, 2.45) is 5.73 Å². The zero-order valence-electron chi connectivity index (χ0n) is 8.34. The van der Waals surface area contributed by atoms with Crippen LogP contribution in [0.2, 0.25) is 0 Å². The molecule has 0 radical (unpaired) electrons. The van der Waals surface area contributed by atoms with Crippen LogP contribution < -0.4 is 5.73 Å². The van der Waals surface area contributed by atoms with Crippen LogP contribution in [0.3, 0.4) is 0 Å². The van der Waals surface area contributed by atoms with Crippen molar-refractivity contribution in [1.82, 2.24) is 0 Å². The molecule has 84 valence electrons. The summed E-state index contributed by atoms with van der Waals surface area (Å²) in [5.41, 5.74) is 6.46. The molecule has 1 unspecified atom stereocenters. The molecule has 3 N–H and O–H groups in total. The smallest absolute Gasteiger partial charge is 0.320 e. The molecule has 1 atom stereocenters. The zero-order valence-corrected chi connectivity index (χ0v) is 9.98. The van der Waals surface area contributed by atoms with Crippen LogP contribution in [0, 0.1) is 0 Å². The molecule has 0 saturated heterocycles. The van der Waals surface area contributed by atoms with Crippen LogP contribution in [0.4, 0.5) is 0 Å². The Morgan fingerprint density at radius 1 is 1.53 bits per heavy atom. The number of hydrogen-bond acceptors (Lipinski definition) is 3. The first-order valence-corrected chi connectivity index (χ1v) is 5.48. The molecule has 0 heterocycles. The molecule has 0 aliphatic rings. The number of carboxylic acid groups (broad SMARTS) is 1. The Bertz CT molecular complexity index is 333. The lowest BCUT2D eigenvalue weighted by atomic mass is 10.1. The predicted octanol–water partition coefficient (Wildman–Crippen LogP) is 1.78. The van der Waals surface area contributed by atoms with Gasteiger partial charge in [-0.2, -0.15) is 0 Å². The van der Waals surface area contributed by atoms with Crippen LogP contribution in [0.15, 0.2) is 29.2 Å². The number of aliphatic carboxylic acids is 1.